The van der Waals surface area contributed by atoms with Crippen LogP contribution in [0.2, 0.25) is 0 Å². The Morgan fingerprint density at radius 2 is 1.72 bits per heavy atom. The molecular weight excluding hydrogens is 220 g/mol. The molecule has 0 spiro atoms. The molecule has 0 aliphatic heterocycles. The van der Waals surface area contributed by atoms with Gasteiger partial charge in [0.2, 0.25) is 0 Å². The topological polar surface area (TPSA) is 29.3 Å². The van der Waals surface area contributed by atoms with E-state index in [9.17, 15) is 0 Å². The van der Waals surface area contributed by atoms with Gasteiger partial charge in [0.25, 0.3) is 0 Å². The molecule has 2 nitrogen and oxygen atoms in total. The highest BCUT2D eigenvalue weighted by atomic mass is 15.1. The van der Waals surface area contributed by atoms with E-state index in [-0.39, 0.29) is 0 Å². The van der Waals surface area contributed by atoms with Crippen molar-refractivity contribution >= 4 is 5.69 Å². The average Bonchev–Trinajstić information content (AvgIpc) is 2.39. The normalized spacial score (nSPS) is 10.4. The highest BCUT2D eigenvalue weighted by Gasteiger charge is 2.02. The van der Waals surface area contributed by atoms with Crippen molar-refractivity contribution in [1.29, 1.82) is 0 Å². The van der Waals surface area contributed by atoms with Crippen molar-refractivity contribution in [2.45, 2.75) is 20.0 Å². The minimum atomic E-state index is 0.599. The summed E-state index contributed by atoms with van der Waals surface area (Å²) in [7, 11) is 2.11. The fourth-order valence-electron chi connectivity index (χ4n) is 2.06. The fourth-order valence-corrected chi connectivity index (χ4v) is 2.06. The zero-order valence-corrected chi connectivity index (χ0v) is 11.1. The van der Waals surface area contributed by atoms with Crippen LogP contribution >= 0.6 is 0 Å². The molecule has 2 aromatic rings. The summed E-state index contributed by atoms with van der Waals surface area (Å²) in [4.78, 5) is 2.25. The Balaban J connectivity index is 2.09. The first-order chi connectivity index (χ1) is 8.69. The lowest BCUT2D eigenvalue weighted by Crippen LogP contribution is -2.16. The molecule has 2 aromatic carbocycles. The van der Waals surface area contributed by atoms with Crippen LogP contribution in [0.3, 0.4) is 0 Å². The molecular formula is C16H20N2. The third-order valence-electron chi connectivity index (χ3n) is 3.12. The number of aryl methyl sites for hydroxylation is 1. The maximum atomic E-state index is 5.60. The summed E-state index contributed by atoms with van der Waals surface area (Å²) in [6, 6.07) is 17.0. The van der Waals surface area contributed by atoms with E-state index in [1.54, 1.807) is 0 Å². The predicted molar refractivity (Wildman–Crippen MR) is 77.6 cm³/mol. The van der Waals surface area contributed by atoms with Crippen molar-refractivity contribution in [2.24, 2.45) is 5.73 Å². The zero-order chi connectivity index (χ0) is 13.0. The lowest BCUT2D eigenvalue weighted by Gasteiger charge is -2.20. The van der Waals surface area contributed by atoms with Gasteiger partial charge in [0.1, 0.15) is 0 Å². The van der Waals surface area contributed by atoms with Crippen molar-refractivity contribution < 1.29 is 0 Å². The lowest BCUT2D eigenvalue weighted by molar-refractivity contribution is 0.920. The fraction of sp³-hybridized carbons (Fsp3) is 0.250. The van der Waals surface area contributed by atoms with Crippen molar-refractivity contribution in [3.8, 4) is 0 Å². The number of rotatable bonds is 4. The predicted octanol–water partition coefficient (Wildman–Crippen LogP) is 3.09. The maximum absolute atomic E-state index is 5.60. The molecule has 0 heterocycles. The van der Waals surface area contributed by atoms with Crippen LogP contribution in [0.1, 0.15) is 16.7 Å². The summed E-state index contributed by atoms with van der Waals surface area (Å²) < 4.78 is 0. The van der Waals surface area contributed by atoms with Gasteiger partial charge in [0.05, 0.1) is 0 Å². The van der Waals surface area contributed by atoms with Gasteiger partial charge in [-0.15, -0.1) is 0 Å². The second-order valence-corrected chi connectivity index (χ2v) is 4.72. The molecule has 0 saturated carbocycles. The number of nitrogens with two attached hydrogens (primary N) is 1. The molecule has 0 aliphatic rings. The van der Waals surface area contributed by atoms with E-state index in [2.05, 4.69) is 67.4 Å². The first kappa shape index (κ1) is 12.7. The first-order valence-corrected chi connectivity index (χ1v) is 6.25. The molecule has 0 saturated heterocycles. The maximum Gasteiger partial charge on any atom is 0.0426 e. The molecule has 0 amide bonds. The first-order valence-electron chi connectivity index (χ1n) is 6.25. The largest absolute Gasteiger partial charge is 0.370 e. The van der Waals surface area contributed by atoms with E-state index >= 15 is 0 Å². The summed E-state index contributed by atoms with van der Waals surface area (Å²) in [5.41, 5.74) is 10.6. The Hall–Kier alpha value is -1.80. The smallest absolute Gasteiger partial charge is 0.0426 e. The number of nitrogens with zero attached hydrogens (tertiary/aromatic N) is 1. The van der Waals surface area contributed by atoms with Gasteiger partial charge >= 0.3 is 0 Å². The van der Waals surface area contributed by atoms with Gasteiger partial charge in [0.15, 0.2) is 0 Å². The van der Waals surface area contributed by atoms with Crippen LogP contribution in [-0.2, 0) is 13.1 Å². The van der Waals surface area contributed by atoms with E-state index < -0.39 is 0 Å². The Bertz CT molecular complexity index is 503. The molecule has 94 valence electrons. The van der Waals surface area contributed by atoms with E-state index in [1.807, 2.05) is 0 Å². The second kappa shape index (κ2) is 5.69. The van der Waals surface area contributed by atoms with Gasteiger partial charge in [-0.1, -0.05) is 42.0 Å². The number of hydrogen-bond acceptors (Lipinski definition) is 2. The minimum absolute atomic E-state index is 0.599. The molecule has 0 aromatic heterocycles. The average molecular weight is 240 g/mol. The molecule has 0 fully saturated rings. The molecule has 0 atom stereocenters. The molecule has 18 heavy (non-hydrogen) atoms. The molecule has 0 bridgehead atoms. The lowest BCUT2D eigenvalue weighted by atomic mass is 10.1. The minimum Gasteiger partial charge on any atom is -0.370 e. The summed E-state index contributed by atoms with van der Waals surface area (Å²) in [5, 5.41) is 0. The van der Waals surface area contributed by atoms with Crippen molar-refractivity contribution in [2.75, 3.05) is 11.9 Å². The monoisotopic (exact) mass is 240 g/mol. The standard InChI is InChI=1S/C16H20N2/c1-13-4-3-5-15(10-13)12-18(2)16-8-6-14(11-17)7-9-16/h3-10H,11-12,17H2,1-2H3. The molecule has 2 N–H and O–H groups in total. The Kier molecular flexibility index (Phi) is 4.00. The van der Waals surface area contributed by atoms with Crippen LogP contribution in [0, 0.1) is 6.92 Å². The number of benzene rings is 2. The SMILES string of the molecule is Cc1cccc(CN(C)c2ccc(CN)cc2)c1. The van der Waals surface area contributed by atoms with Gasteiger partial charge in [-0.25, -0.2) is 0 Å². The van der Waals surface area contributed by atoms with Crippen molar-refractivity contribution in [3.05, 3.63) is 65.2 Å². The van der Waals surface area contributed by atoms with Crippen molar-refractivity contribution in [1.82, 2.24) is 0 Å². The van der Waals surface area contributed by atoms with Crippen LogP contribution in [0.5, 0.6) is 0 Å². The Labute approximate surface area is 109 Å². The molecule has 0 unspecified atom stereocenters. The molecule has 0 radical (unpaired) electrons. The van der Waals surface area contributed by atoms with E-state index in [0.717, 1.165) is 6.54 Å². The van der Waals surface area contributed by atoms with Gasteiger partial charge in [0, 0.05) is 25.8 Å². The summed E-state index contributed by atoms with van der Waals surface area (Å²) >= 11 is 0. The molecule has 2 rings (SSSR count). The quantitative estimate of drug-likeness (QED) is 0.889. The molecule has 0 aliphatic carbocycles. The number of anilines is 1. The zero-order valence-electron chi connectivity index (χ0n) is 11.1. The van der Waals surface area contributed by atoms with E-state index in [4.69, 9.17) is 5.73 Å². The third-order valence-corrected chi connectivity index (χ3v) is 3.12. The van der Waals surface area contributed by atoms with Crippen LogP contribution in [0.15, 0.2) is 48.5 Å². The highest BCUT2D eigenvalue weighted by Crippen LogP contribution is 2.16. The van der Waals surface area contributed by atoms with E-state index in [1.165, 1.54) is 22.4 Å². The van der Waals surface area contributed by atoms with Gasteiger partial charge in [-0.05, 0) is 30.2 Å². The summed E-state index contributed by atoms with van der Waals surface area (Å²) in [6.45, 7) is 3.64. The van der Waals surface area contributed by atoms with Crippen molar-refractivity contribution in [3.63, 3.8) is 0 Å². The van der Waals surface area contributed by atoms with Crippen LogP contribution in [0.25, 0.3) is 0 Å². The summed E-state index contributed by atoms with van der Waals surface area (Å²) in [5.74, 6) is 0. The molecule has 2 heteroatoms. The van der Waals surface area contributed by atoms with Crippen LogP contribution in [-0.4, -0.2) is 7.05 Å². The number of hydrogen-bond donors (Lipinski definition) is 1. The Morgan fingerprint density at radius 1 is 1.00 bits per heavy atom. The third kappa shape index (κ3) is 3.11. The second-order valence-electron chi connectivity index (χ2n) is 4.72. The Morgan fingerprint density at radius 3 is 2.33 bits per heavy atom. The van der Waals surface area contributed by atoms with Gasteiger partial charge in [-0.2, -0.15) is 0 Å². The highest BCUT2D eigenvalue weighted by molar-refractivity contribution is 5.47. The van der Waals surface area contributed by atoms with E-state index in [0.29, 0.717) is 6.54 Å². The summed E-state index contributed by atoms with van der Waals surface area (Å²) in [6.07, 6.45) is 0. The van der Waals surface area contributed by atoms with Crippen LogP contribution in [0.4, 0.5) is 5.69 Å². The van der Waals surface area contributed by atoms with Gasteiger partial charge in [-0.3, -0.25) is 0 Å². The van der Waals surface area contributed by atoms with Gasteiger partial charge < -0.3 is 10.6 Å². The van der Waals surface area contributed by atoms with Crippen LogP contribution < -0.4 is 10.6 Å².